The van der Waals surface area contributed by atoms with E-state index in [1.807, 2.05) is 12.1 Å². The van der Waals surface area contributed by atoms with E-state index in [-0.39, 0.29) is 0 Å². The molecule has 2 heterocycles. The number of nitrogens with one attached hydrogen (secondary N) is 1. The zero-order chi connectivity index (χ0) is 16.5. The minimum Gasteiger partial charge on any atom is -0.368 e. The van der Waals surface area contributed by atoms with Gasteiger partial charge in [-0.25, -0.2) is 4.98 Å². The third-order valence-electron chi connectivity index (χ3n) is 4.37. The molecule has 6 heteroatoms. The number of aromatic amines is 1. The smallest absolute Gasteiger partial charge is 0.203 e. The number of nitrogens with zero attached hydrogens (tertiary/aromatic N) is 4. The maximum absolute atomic E-state index is 9.00. The fourth-order valence-electron chi connectivity index (χ4n) is 3.04. The highest BCUT2D eigenvalue weighted by molar-refractivity contribution is 9.10. The van der Waals surface area contributed by atoms with Crippen molar-refractivity contribution in [1.82, 2.24) is 9.97 Å². The van der Waals surface area contributed by atoms with Crippen molar-refractivity contribution in [3.05, 3.63) is 52.5 Å². The number of hydrogen-bond donors (Lipinski definition) is 1. The summed E-state index contributed by atoms with van der Waals surface area (Å²) >= 11 is 3.48. The minimum absolute atomic E-state index is 0.651. The van der Waals surface area contributed by atoms with Crippen LogP contribution in [0, 0.1) is 11.3 Å². The average molecular weight is 382 g/mol. The molecular formula is C18H16BrN5. The van der Waals surface area contributed by atoms with E-state index in [0.29, 0.717) is 5.56 Å². The summed E-state index contributed by atoms with van der Waals surface area (Å²) in [4.78, 5) is 12.7. The Bertz CT molecular complexity index is 901. The number of benzene rings is 2. The number of imidazole rings is 1. The molecule has 2 aromatic carbocycles. The van der Waals surface area contributed by atoms with E-state index < -0.39 is 0 Å². The van der Waals surface area contributed by atoms with Crippen molar-refractivity contribution in [3.8, 4) is 6.07 Å². The summed E-state index contributed by atoms with van der Waals surface area (Å²) in [6, 6.07) is 16.2. The Morgan fingerprint density at radius 3 is 2.42 bits per heavy atom. The molecule has 120 valence electrons. The van der Waals surface area contributed by atoms with E-state index in [4.69, 9.17) is 5.26 Å². The molecule has 5 nitrogen and oxygen atoms in total. The number of piperazine rings is 1. The molecular weight excluding hydrogens is 366 g/mol. The van der Waals surface area contributed by atoms with Crippen molar-refractivity contribution in [3.63, 3.8) is 0 Å². The normalized spacial score (nSPS) is 14.8. The molecule has 4 rings (SSSR count). The van der Waals surface area contributed by atoms with E-state index >= 15 is 0 Å². The van der Waals surface area contributed by atoms with Crippen LogP contribution in [-0.2, 0) is 0 Å². The van der Waals surface area contributed by atoms with Crippen LogP contribution in [0.3, 0.4) is 0 Å². The Hall–Kier alpha value is -2.52. The summed E-state index contributed by atoms with van der Waals surface area (Å²) < 4.78 is 1.10. The molecule has 1 aliphatic heterocycles. The highest BCUT2D eigenvalue weighted by Crippen LogP contribution is 2.23. The number of fused-ring (bicyclic) bond motifs is 1. The van der Waals surface area contributed by atoms with Crippen LogP contribution in [0.2, 0.25) is 0 Å². The second-order valence-corrected chi connectivity index (χ2v) is 6.77. The summed E-state index contributed by atoms with van der Waals surface area (Å²) in [5.41, 5.74) is 3.72. The van der Waals surface area contributed by atoms with Crippen LogP contribution in [0.15, 0.2) is 46.9 Å². The molecule has 0 aliphatic carbocycles. The first kappa shape index (κ1) is 15.0. The molecule has 1 aromatic heterocycles. The molecule has 0 saturated carbocycles. The number of hydrogen-bond acceptors (Lipinski definition) is 4. The van der Waals surface area contributed by atoms with E-state index in [0.717, 1.165) is 47.6 Å². The van der Waals surface area contributed by atoms with Gasteiger partial charge in [0.15, 0.2) is 0 Å². The number of nitriles is 1. The van der Waals surface area contributed by atoms with Gasteiger partial charge in [-0.2, -0.15) is 5.26 Å². The first-order valence-electron chi connectivity index (χ1n) is 7.88. The van der Waals surface area contributed by atoms with Gasteiger partial charge in [-0.15, -0.1) is 0 Å². The zero-order valence-electron chi connectivity index (χ0n) is 13.0. The molecule has 0 bridgehead atoms. The maximum atomic E-state index is 9.00. The van der Waals surface area contributed by atoms with Crippen LogP contribution >= 0.6 is 15.9 Å². The molecule has 1 fully saturated rings. The van der Waals surface area contributed by atoms with Gasteiger partial charge in [0.1, 0.15) is 0 Å². The van der Waals surface area contributed by atoms with Gasteiger partial charge in [0.05, 0.1) is 22.7 Å². The topological polar surface area (TPSA) is 59.0 Å². The van der Waals surface area contributed by atoms with Crippen LogP contribution in [0.25, 0.3) is 11.0 Å². The van der Waals surface area contributed by atoms with E-state index in [1.165, 1.54) is 5.69 Å². The monoisotopic (exact) mass is 381 g/mol. The summed E-state index contributed by atoms with van der Waals surface area (Å²) in [7, 11) is 0. The van der Waals surface area contributed by atoms with Crippen LogP contribution in [0.5, 0.6) is 0 Å². The maximum Gasteiger partial charge on any atom is 0.203 e. The third-order valence-corrected chi connectivity index (χ3v) is 4.90. The molecule has 1 saturated heterocycles. The molecule has 0 atom stereocenters. The standard InChI is InChI=1S/C18H16BrN5/c19-14-2-4-15(5-3-14)23-7-9-24(10-8-23)18-21-16-6-1-13(12-20)11-17(16)22-18/h1-6,11H,7-10H2,(H,21,22). The second-order valence-electron chi connectivity index (χ2n) is 5.85. The summed E-state index contributed by atoms with van der Waals surface area (Å²) in [5.74, 6) is 0.885. The Labute approximate surface area is 148 Å². The molecule has 0 radical (unpaired) electrons. The van der Waals surface area contributed by atoms with Crippen LogP contribution < -0.4 is 9.80 Å². The molecule has 3 aromatic rings. The minimum atomic E-state index is 0.651. The highest BCUT2D eigenvalue weighted by Gasteiger charge is 2.19. The summed E-state index contributed by atoms with van der Waals surface area (Å²) in [6.07, 6.45) is 0. The lowest BCUT2D eigenvalue weighted by Gasteiger charge is -2.36. The average Bonchev–Trinajstić information content (AvgIpc) is 3.05. The Morgan fingerprint density at radius 2 is 1.71 bits per heavy atom. The number of anilines is 2. The zero-order valence-corrected chi connectivity index (χ0v) is 14.6. The van der Waals surface area contributed by atoms with Crippen molar-refractivity contribution in [2.45, 2.75) is 0 Å². The summed E-state index contributed by atoms with van der Waals surface area (Å²) in [6.45, 7) is 3.76. The Kier molecular flexibility index (Phi) is 3.87. The molecule has 0 amide bonds. The van der Waals surface area contributed by atoms with E-state index in [2.05, 4.69) is 66.0 Å². The fourth-order valence-corrected chi connectivity index (χ4v) is 3.31. The van der Waals surface area contributed by atoms with Gasteiger partial charge in [0, 0.05) is 36.3 Å². The molecule has 0 unspecified atom stereocenters. The van der Waals surface area contributed by atoms with Crippen LogP contribution in [0.4, 0.5) is 11.6 Å². The van der Waals surface area contributed by atoms with Crippen molar-refractivity contribution < 1.29 is 0 Å². The largest absolute Gasteiger partial charge is 0.368 e. The van der Waals surface area contributed by atoms with Crippen molar-refractivity contribution >= 4 is 38.6 Å². The fraction of sp³-hybridized carbons (Fsp3) is 0.222. The summed E-state index contributed by atoms with van der Waals surface area (Å²) in [5, 5.41) is 9.00. The first-order valence-corrected chi connectivity index (χ1v) is 8.67. The number of halogens is 1. The van der Waals surface area contributed by atoms with Gasteiger partial charge in [-0.3, -0.25) is 0 Å². The lowest BCUT2D eigenvalue weighted by atomic mass is 10.2. The van der Waals surface area contributed by atoms with Crippen molar-refractivity contribution in [2.24, 2.45) is 0 Å². The van der Waals surface area contributed by atoms with E-state index in [9.17, 15) is 0 Å². The lowest BCUT2D eigenvalue weighted by molar-refractivity contribution is 0.643. The van der Waals surface area contributed by atoms with Crippen molar-refractivity contribution in [2.75, 3.05) is 36.0 Å². The van der Waals surface area contributed by atoms with Gasteiger partial charge >= 0.3 is 0 Å². The highest BCUT2D eigenvalue weighted by atomic mass is 79.9. The third kappa shape index (κ3) is 2.83. The number of rotatable bonds is 2. The van der Waals surface area contributed by atoms with E-state index in [1.54, 1.807) is 6.07 Å². The van der Waals surface area contributed by atoms with Gasteiger partial charge < -0.3 is 14.8 Å². The second kappa shape index (κ2) is 6.17. The van der Waals surface area contributed by atoms with Crippen molar-refractivity contribution in [1.29, 1.82) is 5.26 Å². The number of aromatic nitrogens is 2. The van der Waals surface area contributed by atoms with Crippen LogP contribution in [0.1, 0.15) is 5.56 Å². The van der Waals surface area contributed by atoms with Crippen LogP contribution in [-0.4, -0.2) is 36.1 Å². The Morgan fingerprint density at radius 1 is 1.00 bits per heavy atom. The van der Waals surface area contributed by atoms with Gasteiger partial charge in [-0.05, 0) is 42.5 Å². The molecule has 1 N–H and O–H groups in total. The SMILES string of the molecule is N#Cc1ccc2nc(N3CCN(c4ccc(Br)cc4)CC3)[nH]c2c1. The lowest BCUT2D eigenvalue weighted by Crippen LogP contribution is -2.46. The number of H-pyrrole nitrogens is 1. The molecule has 24 heavy (non-hydrogen) atoms. The predicted molar refractivity (Wildman–Crippen MR) is 99.4 cm³/mol. The first-order chi connectivity index (χ1) is 11.7. The predicted octanol–water partition coefficient (Wildman–Crippen LogP) is 3.52. The van der Waals surface area contributed by atoms with Gasteiger partial charge in [0.25, 0.3) is 0 Å². The molecule has 1 aliphatic rings. The van der Waals surface area contributed by atoms with Gasteiger partial charge in [-0.1, -0.05) is 15.9 Å². The molecule has 0 spiro atoms. The van der Waals surface area contributed by atoms with Gasteiger partial charge in [0.2, 0.25) is 5.95 Å². The quantitative estimate of drug-likeness (QED) is 0.737. The Balaban J connectivity index is 1.49.